The molecule has 0 atom stereocenters. The van der Waals surface area contributed by atoms with Crippen molar-refractivity contribution in [3.63, 3.8) is 0 Å². The Kier molecular flexibility index (Phi) is 2.85. The summed E-state index contributed by atoms with van der Waals surface area (Å²) >= 11 is 0. The second-order valence-electron chi connectivity index (χ2n) is 2.65. The molecule has 0 fully saturated rings. The second-order valence-corrected chi connectivity index (χ2v) is 2.65. The molecule has 14 heavy (non-hydrogen) atoms. The first-order chi connectivity index (χ1) is 6.60. The molecule has 0 unspecified atom stereocenters. The molecular formula is C8H13N5O. The summed E-state index contributed by atoms with van der Waals surface area (Å²) in [6, 6.07) is 0. The Morgan fingerprint density at radius 2 is 2.00 bits per heavy atom. The quantitative estimate of drug-likeness (QED) is 0.484. The van der Waals surface area contributed by atoms with Crippen LogP contribution < -0.4 is 11.5 Å². The standard InChI is InChI=1S/C8H13N5O/c1-4-12-6(8(11-2)14-3)5(9)7(10)13-4/h9H2,1-3H3,(H2,10,12,13). The lowest BCUT2D eigenvalue weighted by molar-refractivity contribution is 0.402. The van der Waals surface area contributed by atoms with Gasteiger partial charge >= 0.3 is 0 Å². The third-order valence-corrected chi connectivity index (χ3v) is 1.69. The van der Waals surface area contributed by atoms with Crippen molar-refractivity contribution < 1.29 is 4.74 Å². The summed E-state index contributed by atoms with van der Waals surface area (Å²) in [4.78, 5) is 11.9. The van der Waals surface area contributed by atoms with Crippen LogP contribution in [-0.2, 0) is 4.74 Å². The number of nitrogens with two attached hydrogens (primary N) is 2. The average Bonchev–Trinajstić information content (AvgIpc) is 2.15. The SMILES string of the molecule is CN=C(OC)c1nc(C)nc(N)c1N. The molecule has 0 aliphatic carbocycles. The first-order valence-electron chi connectivity index (χ1n) is 4.00. The third kappa shape index (κ3) is 1.73. The van der Waals surface area contributed by atoms with Gasteiger partial charge in [-0.3, -0.25) is 4.99 Å². The van der Waals surface area contributed by atoms with Crippen LogP contribution in [0.2, 0.25) is 0 Å². The van der Waals surface area contributed by atoms with Gasteiger partial charge in [0.05, 0.1) is 7.11 Å². The van der Waals surface area contributed by atoms with E-state index in [9.17, 15) is 0 Å². The fraction of sp³-hybridized carbons (Fsp3) is 0.375. The van der Waals surface area contributed by atoms with Gasteiger partial charge in [-0.2, -0.15) is 0 Å². The Morgan fingerprint density at radius 3 is 2.50 bits per heavy atom. The van der Waals surface area contributed by atoms with Gasteiger partial charge in [0.15, 0.2) is 11.5 Å². The van der Waals surface area contributed by atoms with Crippen LogP contribution in [0.3, 0.4) is 0 Å². The van der Waals surface area contributed by atoms with Crippen molar-refractivity contribution in [1.82, 2.24) is 9.97 Å². The van der Waals surface area contributed by atoms with Crippen molar-refractivity contribution in [2.75, 3.05) is 25.6 Å². The molecule has 0 aliphatic rings. The van der Waals surface area contributed by atoms with Crippen LogP contribution in [0.5, 0.6) is 0 Å². The summed E-state index contributed by atoms with van der Waals surface area (Å²) in [5, 5.41) is 0. The Balaban J connectivity index is 3.33. The lowest BCUT2D eigenvalue weighted by Gasteiger charge is -2.08. The molecule has 1 aromatic rings. The highest BCUT2D eigenvalue weighted by Gasteiger charge is 2.13. The van der Waals surface area contributed by atoms with Gasteiger partial charge in [0.2, 0.25) is 5.90 Å². The number of hydrogen-bond donors (Lipinski definition) is 2. The second kappa shape index (κ2) is 3.91. The molecule has 0 amide bonds. The number of hydrogen-bond acceptors (Lipinski definition) is 6. The van der Waals surface area contributed by atoms with E-state index in [4.69, 9.17) is 16.2 Å². The number of nitrogen functional groups attached to an aromatic ring is 2. The van der Waals surface area contributed by atoms with Gasteiger partial charge in [-0.25, -0.2) is 9.97 Å². The number of aryl methyl sites for hydroxylation is 1. The summed E-state index contributed by atoms with van der Waals surface area (Å²) in [5.74, 6) is 1.12. The minimum atomic E-state index is 0.241. The molecule has 0 saturated carbocycles. The monoisotopic (exact) mass is 195 g/mol. The van der Waals surface area contributed by atoms with Crippen LogP contribution in [0.4, 0.5) is 11.5 Å². The van der Waals surface area contributed by atoms with Crippen molar-refractivity contribution in [2.24, 2.45) is 4.99 Å². The van der Waals surface area contributed by atoms with E-state index in [1.165, 1.54) is 7.11 Å². The van der Waals surface area contributed by atoms with Crippen molar-refractivity contribution in [3.05, 3.63) is 11.5 Å². The molecule has 1 heterocycles. The van der Waals surface area contributed by atoms with Gasteiger partial charge in [0.1, 0.15) is 11.5 Å². The van der Waals surface area contributed by atoms with Crippen LogP contribution in [0.25, 0.3) is 0 Å². The number of nitrogens with zero attached hydrogens (tertiary/aromatic N) is 3. The highest BCUT2D eigenvalue weighted by atomic mass is 16.5. The third-order valence-electron chi connectivity index (χ3n) is 1.69. The van der Waals surface area contributed by atoms with Crippen molar-refractivity contribution in [1.29, 1.82) is 0 Å². The van der Waals surface area contributed by atoms with Gasteiger partial charge in [-0.1, -0.05) is 0 Å². The molecular weight excluding hydrogens is 182 g/mol. The zero-order valence-electron chi connectivity index (χ0n) is 8.40. The summed E-state index contributed by atoms with van der Waals surface area (Å²) in [5.41, 5.74) is 12.0. The van der Waals surface area contributed by atoms with E-state index < -0.39 is 0 Å². The van der Waals surface area contributed by atoms with Gasteiger partial charge in [0.25, 0.3) is 0 Å². The maximum absolute atomic E-state index is 5.69. The van der Waals surface area contributed by atoms with E-state index in [2.05, 4.69) is 15.0 Å². The number of methoxy groups -OCH3 is 1. The van der Waals surface area contributed by atoms with Gasteiger partial charge in [-0.05, 0) is 6.92 Å². The molecule has 0 aromatic carbocycles. The number of ether oxygens (including phenoxy) is 1. The number of aliphatic imine (C=N–C) groups is 1. The fourth-order valence-electron chi connectivity index (χ4n) is 1.06. The van der Waals surface area contributed by atoms with Gasteiger partial charge in [0, 0.05) is 7.05 Å². The van der Waals surface area contributed by atoms with E-state index in [1.54, 1.807) is 14.0 Å². The van der Waals surface area contributed by atoms with E-state index in [0.717, 1.165) is 0 Å². The van der Waals surface area contributed by atoms with Crippen LogP contribution in [-0.4, -0.2) is 30.0 Å². The minimum absolute atomic E-state index is 0.241. The molecule has 1 aromatic heterocycles. The van der Waals surface area contributed by atoms with Crippen molar-refractivity contribution in [3.8, 4) is 0 Å². The molecule has 0 bridgehead atoms. The largest absolute Gasteiger partial charge is 0.480 e. The molecule has 4 N–H and O–H groups in total. The molecule has 6 heteroatoms. The molecule has 0 aliphatic heterocycles. The van der Waals surface area contributed by atoms with Crippen LogP contribution >= 0.6 is 0 Å². The molecule has 0 spiro atoms. The molecule has 76 valence electrons. The maximum atomic E-state index is 5.69. The zero-order valence-corrected chi connectivity index (χ0v) is 8.40. The van der Waals surface area contributed by atoms with E-state index >= 15 is 0 Å². The maximum Gasteiger partial charge on any atom is 0.237 e. The Bertz CT molecular complexity index is 374. The normalized spacial score (nSPS) is 11.5. The lowest BCUT2D eigenvalue weighted by Crippen LogP contribution is -2.14. The van der Waals surface area contributed by atoms with Crippen LogP contribution in [0.15, 0.2) is 4.99 Å². The number of aromatic nitrogens is 2. The van der Waals surface area contributed by atoms with Gasteiger partial charge < -0.3 is 16.2 Å². The zero-order chi connectivity index (χ0) is 10.7. The topological polar surface area (TPSA) is 99.4 Å². The van der Waals surface area contributed by atoms with E-state index in [1.807, 2.05) is 0 Å². The lowest BCUT2D eigenvalue weighted by atomic mass is 10.3. The Morgan fingerprint density at radius 1 is 1.36 bits per heavy atom. The van der Waals surface area contributed by atoms with E-state index in [0.29, 0.717) is 17.4 Å². The molecule has 1 rings (SSSR count). The van der Waals surface area contributed by atoms with E-state index in [-0.39, 0.29) is 11.5 Å². The Labute approximate surface area is 82.0 Å². The molecule has 0 radical (unpaired) electrons. The van der Waals surface area contributed by atoms with Crippen molar-refractivity contribution in [2.45, 2.75) is 6.92 Å². The summed E-state index contributed by atoms with van der Waals surface area (Å²) in [7, 11) is 3.08. The predicted molar refractivity (Wildman–Crippen MR) is 55.1 cm³/mol. The first-order valence-corrected chi connectivity index (χ1v) is 4.00. The summed E-state index contributed by atoms with van der Waals surface area (Å²) in [6.45, 7) is 1.72. The molecule has 6 nitrogen and oxygen atoms in total. The van der Waals surface area contributed by atoms with Crippen LogP contribution in [0, 0.1) is 6.92 Å². The van der Waals surface area contributed by atoms with Crippen LogP contribution in [0.1, 0.15) is 11.5 Å². The first kappa shape index (κ1) is 10.2. The predicted octanol–water partition coefficient (Wildman–Crippen LogP) is -0.0278. The molecule has 0 saturated heterocycles. The summed E-state index contributed by atoms with van der Waals surface area (Å²) < 4.78 is 5.00. The number of anilines is 2. The van der Waals surface area contributed by atoms with Crippen molar-refractivity contribution >= 4 is 17.4 Å². The number of rotatable bonds is 1. The minimum Gasteiger partial charge on any atom is -0.480 e. The highest BCUT2D eigenvalue weighted by molar-refractivity contribution is 5.98. The fourth-order valence-corrected chi connectivity index (χ4v) is 1.06. The highest BCUT2D eigenvalue weighted by Crippen LogP contribution is 2.16. The Hall–Kier alpha value is -1.85. The smallest absolute Gasteiger partial charge is 0.237 e. The summed E-state index contributed by atoms with van der Waals surface area (Å²) in [6.07, 6.45) is 0. The average molecular weight is 195 g/mol. The van der Waals surface area contributed by atoms with Gasteiger partial charge in [-0.15, -0.1) is 0 Å².